The molecule has 0 aliphatic heterocycles. The molecule has 2 heterocycles. The Morgan fingerprint density at radius 3 is 2.79 bits per heavy atom. The van der Waals surface area contributed by atoms with Crippen LogP contribution >= 0.6 is 11.3 Å². The molecule has 2 aromatic rings. The fraction of sp³-hybridized carbons (Fsp3) is 0.417. The molecule has 0 atom stereocenters. The monoisotopic (exact) mass is 280 g/mol. The minimum absolute atomic E-state index is 0.0658. The molecule has 2 aromatic heterocycles. The third-order valence-electron chi connectivity index (χ3n) is 2.96. The third-order valence-corrected chi connectivity index (χ3v) is 3.99. The van der Waals surface area contributed by atoms with Gasteiger partial charge in [0, 0.05) is 11.4 Å². The van der Waals surface area contributed by atoms with E-state index in [1.165, 1.54) is 10.4 Å². The van der Waals surface area contributed by atoms with Gasteiger partial charge in [-0.25, -0.2) is 4.68 Å². The first kappa shape index (κ1) is 13.5. The summed E-state index contributed by atoms with van der Waals surface area (Å²) in [5.74, 6) is 0.484. The van der Waals surface area contributed by atoms with E-state index >= 15 is 0 Å². The Hall–Kier alpha value is -1.89. The molecule has 0 aromatic carbocycles. The predicted octanol–water partition coefficient (Wildman–Crippen LogP) is 3.10. The van der Waals surface area contributed by atoms with Crippen molar-refractivity contribution < 1.29 is 4.92 Å². The van der Waals surface area contributed by atoms with Gasteiger partial charge in [-0.05, 0) is 37.8 Å². The van der Waals surface area contributed by atoms with Gasteiger partial charge in [-0.2, -0.15) is 5.10 Å². The first-order valence-corrected chi connectivity index (χ1v) is 6.91. The van der Waals surface area contributed by atoms with Crippen molar-refractivity contribution in [3.8, 4) is 0 Å². The molecule has 19 heavy (non-hydrogen) atoms. The Morgan fingerprint density at radius 2 is 2.26 bits per heavy atom. The van der Waals surface area contributed by atoms with Crippen molar-refractivity contribution in [3.05, 3.63) is 37.7 Å². The average Bonchev–Trinajstić information content (AvgIpc) is 2.90. The van der Waals surface area contributed by atoms with Crippen LogP contribution in [0.15, 0.2) is 11.4 Å². The van der Waals surface area contributed by atoms with Gasteiger partial charge in [-0.1, -0.05) is 0 Å². The van der Waals surface area contributed by atoms with E-state index in [9.17, 15) is 10.1 Å². The van der Waals surface area contributed by atoms with E-state index in [1.807, 2.05) is 25.3 Å². The highest BCUT2D eigenvalue weighted by molar-refractivity contribution is 7.10. The van der Waals surface area contributed by atoms with Crippen LogP contribution in [0, 0.1) is 24.0 Å². The van der Waals surface area contributed by atoms with Crippen LogP contribution in [0.1, 0.15) is 23.1 Å². The number of hydrogen-bond donors (Lipinski definition) is 1. The summed E-state index contributed by atoms with van der Waals surface area (Å²) in [4.78, 5) is 11.9. The lowest BCUT2D eigenvalue weighted by Gasteiger charge is -2.07. The van der Waals surface area contributed by atoms with Gasteiger partial charge in [-0.3, -0.25) is 10.1 Å². The maximum absolute atomic E-state index is 11.1. The lowest BCUT2D eigenvalue weighted by molar-refractivity contribution is -0.384. The summed E-state index contributed by atoms with van der Waals surface area (Å²) in [6.45, 7) is 6.78. The first-order valence-electron chi connectivity index (χ1n) is 6.03. The summed E-state index contributed by atoms with van der Waals surface area (Å²) in [7, 11) is 0. The smallest absolute Gasteiger partial charge is 0.333 e. The lowest BCUT2D eigenvalue weighted by atomic mass is 10.3. The molecule has 7 heteroatoms. The van der Waals surface area contributed by atoms with Gasteiger partial charge in [0.25, 0.3) is 0 Å². The number of nitro groups is 1. The summed E-state index contributed by atoms with van der Waals surface area (Å²) in [6, 6.07) is 2.04. The Kier molecular flexibility index (Phi) is 3.84. The number of nitrogens with zero attached hydrogens (tertiary/aromatic N) is 3. The molecular weight excluding hydrogens is 264 g/mol. The van der Waals surface area contributed by atoms with Crippen molar-refractivity contribution in [1.82, 2.24) is 9.78 Å². The quantitative estimate of drug-likeness (QED) is 0.674. The average molecular weight is 280 g/mol. The van der Waals surface area contributed by atoms with E-state index in [0.29, 0.717) is 24.6 Å². The van der Waals surface area contributed by atoms with Gasteiger partial charge in [-0.15, -0.1) is 11.3 Å². The Morgan fingerprint density at radius 1 is 1.53 bits per heavy atom. The number of aryl methyl sites for hydroxylation is 3. The van der Waals surface area contributed by atoms with Crippen molar-refractivity contribution >= 4 is 22.8 Å². The minimum atomic E-state index is -0.377. The maximum Gasteiger partial charge on any atom is 0.333 e. The van der Waals surface area contributed by atoms with Crippen LogP contribution in [-0.2, 0) is 13.1 Å². The summed E-state index contributed by atoms with van der Waals surface area (Å²) >= 11 is 1.64. The zero-order valence-electron chi connectivity index (χ0n) is 11.1. The Bertz CT molecular complexity index is 603. The highest BCUT2D eigenvalue weighted by Crippen LogP contribution is 2.29. The number of aromatic nitrogens is 2. The van der Waals surface area contributed by atoms with Crippen LogP contribution in [0.3, 0.4) is 0 Å². The highest BCUT2D eigenvalue weighted by atomic mass is 32.1. The maximum atomic E-state index is 11.1. The third kappa shape index (κ3) is 2.60. The van der Waals surface area contributed by atoms with Crippen LogP contribution in [0.2, 0.25) is 0 Å². The number of thiophene rings is 1. The zero-order valence-corrected chi connectivity index (χ0v) is 12.0. The first-order chi connectivity index (χ1) is 9.04. The standard InChI is InChI=1S/C12H16N4O2S/c1-4-15-12(11(16(17)18)9(3)14-15)13-7-10-8(2)5-6-19-10/h5-6,13H,4,7H2,1-3H3. The van der Waals surface area contributed by atoms with Crippen molar-refractivity contribution in [2.45, 2.75) is 33.9 Å². The van der Waals surface area contributed by atoms with Crippen LogP contribution in [0.4, 0.5) is 11.5 Å². The molecule has 0 radical (unpaired) electrons. The van der Waals surface area contributed by atoms with E-state index in [-0.39, 0.29) is 10.6 Å². The molecule has 0 fully saturated rings. The molecule has 6 nitrogen and oxygen atoms in total. The van der Waals surface area contributed by atoms with Gasteiger partial charge in [0.15, 0.2) is 0 Å². The van der Waals surface area contributed by atoms with Gasteiger partial charge in [0.05, 0.1) is 11.5 Å². The topological polar surface area (TPSA) is 73.0 Å². The van der Waals surface area contributed by atoms with Crippen molar-refractivity contribution in [3.63, 3.8) is 0 Å². The van der Waals surface area contributed by atoms with Crippen molar-refractivity contribution in [2.75, 3.05) is 5.32 Å². The molecule has 2 rings (SSSR count). The second kappa shape index (κ2) is 5.40. The zero-order chi connectivity index (χ0) is 14.0. The van der Waals surface area contributed by atoms with E-state index < -0.39 is 0 Å². The second-order valence-corrected chi connectivity index (χ2v) is 5.24. The lowest BCUT2D eigenvalue weighted by Crippen LogP contribution is -2.08. The van der Waals surface area contributed by atoms with E-state index in [0.717, 1.165) is 0 Å². The number of anilines is 1. The van der Waals surface area contributed by atoms with Crippen LogP contribution in [0.5, 0.6) is 0 Å². The molecule has 0 bridgehead atoms. The summed E-state index contributed by atoms with van der Waals surface area (Å²) in [5, 5.41) is 20.5. The Labute approximate surface area is 115 Å². The molecule has 0 spiro atoms. The Balaban J connectivity index is 2.28. The molecule has 0 unspecified atom stereocenters. The normalized spacial score (nSPS) is 10.7. The molecule has 102 valence electrons. The largest absolute Gasteiger partial charge is 0.360 e. The van der Waals surface area contributed by atoms with E-state index in [4.69, 9.17) is 0 Å². The van der Waals surface area contributed by atoms with Crippen LogP contribution in [-0.4, -0.2) is 14.7 Å². The van der Waals surface area contributed by atoms with Gasteiger partial charge < -0.3 is 5.32 Å². The summed E-state index contributed by atoms with van der Waals surface area (Å²) in [6.07, 6.45) is 0. The summed E-state index contributed by atoms with van der Waals surface area (Å²) in [5.41, 5.74) is 1.70. The number of hydrogen-bond acceptors (Lipinski definition) is 5. The SMILES string of the molecule is CCn1nc(C)c([N+](=O)[O-])c1NCc1sccc1C. The fourth-order valence-electron chi connectivity index (χ4n) is 1.94. The second-order valence-electron chi connectivity index (χ2n) is 4.24. The van der Waals surface area contributed by atoms with Gasteiger partial charge in [0.1, 0.15) is 5.69 Å². The van der Waals surface area contributed by atoms with Crippen LogP contribution < -0.4 is 5.32 Å². The predicted molar refractivity (Wildman–Crippen MR) is 75.7 cm³/mol. The molecule has 0 saturated heterocycles. The molecular formula is C12H16N4O2S. The number of rotatable bonds is 5. The van der Waals surface area contributed by atoms with Gasteiger partial charge >= 0.3 is 5.69 Å². The molecule has 0 amide bonds. The molecule has 0 aliphatic rings. The van der Waals surface area contributed by atoms with Crippen molar-refractivity contribution in [1.29, 1.82) is 0 Å². The van der Waals surface area contributed by atoms with Crippen molar-refractivity contribution in [2.24, 2.45) is 0 Å². The summed E-state index contributed by atoms with van der Waals surface area (Å²) < 4.78 is 1.64. The van der Waals surface area contributed by atoms with Gasteiger partial charge in [0.2, 0.25) is 5.82 Å². The van der Waals surface area contributed by atoms with Crippen LogP contribution in [0.25, 0.3) is 0 Å². The fourth-order valence-corrected chi connectivity index (χ4v) is 2.79. The molecule has 0 saturated carbocycles. The number of nitrogens with one attached hydrogen (secondary N) is 1. The minimum Gasteiger partial charge on any atom is -0.360 e. The molecule has 1 N–H and O–H groups in total. The molecule has 0 aliphatic carbocycles. The van der Waals surface area contributed by atoms with E-state index in [1.54, 1.807) is 22.9 Å². The van der Waals surface area contributed by atoms with E-state index in [2.05, 4.69) is 10.4 Å². The highest BCUT2D eigenvalue weighted by Gasteiger charge is 2.24.